The highest BCUT2D eigenvalue weighted by atomic mass is 79.9. The average molecular weight is 301 g/mol. The molecule has 0 aliphatic rings. The summed E-state index contributed by atoms with van der Waals surface area (Å²) in [6.45, 7) is 4.21. The number of halogens is 1. The predicted molar refractivity (Wildman–Crippen MR) is 77.8 cm³/mol. The van der Waals surface area contributed by atoms with Gasteiger partial charge < -0.3 is 0 Å². The normalized spacial score (nSPS) is 11.1. The van der Waals surface area contributed by atoms with Gasteiger partial charge in [-0.3, -0.25) is 4.40 Å². The number of benzene rings is 1. The highest BCUT2D eigenvalue weighted by Gasteiger charge is 2.13. The number of nitrogens with zero attached hydrogens (tertiary/aromatic N) is 2. The van der Waals surface area contributed by atoms with Gasteiger partial charge >= 0.3 is 0 Å². The summed E-state index contributed by atoms with van der Waals surface area (Å²) in [5, 5.41) is 0. The molecule has 2 aromatic heterocycles. The van der Waals surface area contributed by atoms with Gasteiger partial charge in [-0.1, -0.05) is 30.3 Å². The second kappa shape index (κ2) is 4.25. The van der Waals surface area contributed by atoms with Gasteiger partial charge in [0, 0.05) is 11.3 Å². The highest BCUT2D eigenvalue weighted by molar-refractivity contribution is 9.10. The van der Waals surface area contributed by atoms with E-state index < -0.39 is 0 Å². The summed E-state index contributed by atoms with van der Waals surface area (Å²) in [5.41, 5.74) is 4.70. The molecule has 0 fully saturated rings. The van der Waals surface area contributed by atoms with E-state index in [1.807, 2.05) is 0 Å². The fraction of sp³-hybridized carbons (Fsp3) is 0.133. The maximum absolute atomic E-state index is 4.66. The van der Waals surface area contributed by atoms with Gasteiger partial charge in [0.2, 0.25) is 0 Å². The fourth-order valence-corrected chi connectivity index (χ4v) is 2.74. The van der Waals surface area contributed by atoms with E-state index >= 15 is 0 Å². The maximum atomic E-state index is 4.66. The van der Waals surface area contributed by atoms with Gasteiger partial charge in [-0.05, 0) is 47.5 Å². The summed E-state index contributed by atoms with van der Waals surface area (Å²) in [6, 6.07) is 14.6. The second-order valence-corrected chi connectivity index (χ2v) is 5.18. The quantitative estimate of drug-likeness (QED) is 0.652. The molecule has 0 N–H and O–H groups in total. The lowest BCUT2D eigenvalue weighted by Crippen LogP contribution is -1.95. The lowest BCUT2D eigenvalue weighted by molar-refractivity contribution is 1.08. The Bertz CT molecular complexity index is 728. The molecular weight excluding hydrogens is 288 g/mol. The lowest BCUT2D eigenvalue weighted by Gasteiger charge is -2.07. The van der Waals surface area contributed by atoms with Crippen LogP contribution in [-0.2, 0) is 0 Å². The Morgan fingerprint density at radius 3 is 2.56 bits per heavy atom. The lowest BCUT2D eigenvalue weighted by atomic mass is 10.1. The van der Waals surface area contributed by atoms with Gasteiger partial charge in [0.1, 0.15) is 10.4 Å². The summed E-state index contributed by atoms with van der Waals surface area (Å²) in [5.74, 6) is 0.994. The standard InChI is InChI=1S/C15H13BrN2/c1-10-6-3-4-8-12(10)15-17-14(16)13-9-5-7-11(2)18(13)15/h3-9H,1-2H3. The van der Waals surface area contributed by atoms with Crippen molar-refractivity contribution in [1.29, 1.82) is 0 Å². The Hall–Kier alpha value is -1.61. The van der Waals surface area contributed by atoms with Gasteiger partial charge in [0.15, 0.2) is 0 Å². The Kier molecular flexibility index (Phi) is 2.71. The molecule has 0 aliphatic carbocycles. The van der Waals surface area contributed by atoms with Crippen molar-refractivity contribution >= 4 is 21.4 Å². The van der Waals surface area contributed by atoms with E-state index in [2.05, 4.69) is 81.6 Å². The first-order valence-corrected chi connectivity index (χ1v) is 6.67. The van der Waals surface area contributed by atoms with Crippen molar-refractivity contribution in [3.63, 3.8) is 0 Å². The van der Waals surface area contributed by atoms with Crippen molar-refractivity contribution in [2.24, 2.45) is 0 Å². The Labute approximate surface area is 114 Å². The molecule has 0 amide bonds. The van der Waals surface area contributed by atoms with Gasteiger partial charge in [0.05, 0.1) is 5.52 Å². The Morgan fingerprint density at radius 1 is 1.00 bits per heavy atom. The van der Waals surface area contributed by atoms with Crippen LogP contribution in [0.2, 0.25) is 0 Å². The molecular formula is C15H13BrN2. The first kappa shape index (κ1) is 11.5. The molecule has 0 spiro atoms. The molecule has 2 nitrogen and oxygen atoms in total. The molecule has 1 aromatic carbocycles. The third-order valence-corrected chi connectivity index (χ3v) is 3.78. The zero-order valence-electron chi connectivity index (χ0n) is 10.3. The van der Waals surface area contributed by atoms with Crippen molar-refractivity contribution in [2.45, 2.75) is 13.8 Å². The third kappa shape index (κ3) is 1.66. The number of rotatable bonds is 1. The maximum Gasteiger partial charge on any atom is 0.146 e. The molecule has 3 aromatic rings. The summed E-state index contributed by atoms with van der Waals surface area (Å²) in [6.07, 6.45) is 0. The number of pyridine rings is 1. The van der Waals surface area contributed by atoms with Gasteiger partial charge in [0.25, 0.3) is 0 Å². The molecule has 18 heavy (non-hydrogen) atoms. The zero-order chi connectivity index (χ0) is 12.7. The van der Waals surface area contributed by atoms with Gasteiger partial charge in [-0.2, -0.15) is 0 Å². The minimum atomic E-state index is 0.893. The van der Waals surface area contributed by atoms with Crippen LogP contribution in [0, 0.1) is 13.8 Å². The van der Waals surface area contributed by atoms with Crippen molar-refractivity contribution in [2.75, 3.05) is 0 Å². The molecule has 0 saturated carbocycles. The van der Waals surface area contributed by atoms with E-state index in [0.717, 1.165) is 15.9 Å². The van der Waals surface area contributed by atoms with E-state index in [-0.39, 0.29) is 0 Å². The van der Waals surface area contributed by atoms with Crippen LogP contribution >= 0.6 is 15.9 Å². The van der Waals surface area contributed by atoms with E-state index in [1.165, 1.54) is 16.8 Å². The molecule has 90 valence electrons. The van der Waals surface area contributed by atoms with Crippen LogP contribution in [0.1, 0.15) is 11.3 Å². The summed E-state index contributed by atoms with van der Waals surface area (Å²) in [4.78, 5) is 4.66. The van der Waals surface area contributed by atoms with Gasteiger partial charge in [-0.15, -0.1) is 0 Å². The molecule has 0 bridgehead atoms. The number of fused-ring (bicyclic) bond motifs is 1. The van der Waals surface area contributed by atoms with Crippen LogP contribution in [-0.4, -0.2) is 9.38 Å². The third-order valence-electron chi connectivity index (χ3n) is 3.20. The summed E-state index contributed by atoms with van der Waals surface area (Å²) in [7, 11) is 0. The molecule has 2 heterocycles. The Morgan fingerprint density at radius 2 is 1.78 bits per heavy atom. The molecule has 0 saturated heterocycles. The van der Waals surface area contributed by atoms with Crippen LogP contribution < -0.4 is 0 Å². The topological polar surface area (TPSA) is 17.3 Å². The minimum Gasteiger partial charge on any atom is -0.296 e. The average Bonchev–Trinajstić information content (AvgIpc) is 2.69. The summed E-state index contributed by atoms with van der Waals surface area (Å²) >= 11 is 3.54. The number of hydrogen-bond acceptors (Lipinski definition) is 1. The van der Waals surface area contributed by atoms with Crippen molar-refractivity contribution in [3.8, 4) is 11.4 Å². The molecule has 3 heteroatoms. The van der Waals surface area contributed by atoms with Gasteiger partial charge in [-0.25, -0.2) is 4.98 Å². The molecule has 0 aliphatic heterocycles. The second-order valence-electron chi connectivity index (χ2n) is 4.43. The monoisotopic (exact) mass is 300 g/mol. The number of aromatic nitrogens is 2. The number of imidazole rings is 1. The fourth-order valence-electron chi connectivity index (χ4n) is 2.26. The van der Waals surface area contributed by atoms with Crippen LogP contribution in [0.25, 0.3) is 16.9 Å². The molecule has 0 unspecified atom stereocenters. The highest BCUT2D eigenvalue weighted by Crippen LogP contribution is 2.28. The van der Waals surface area contributed by atoms with E-state index in [9.17, 15) is 0 Å². The smallest absolute Gasteiger partial charge is 0.146 e. The summed E-state index contributed by atoms with van der Waals surface area (Å²) < 4.78 is 3.08. The largest absolute Gasteiger partial charge is 0.296 e. The number of hydrogen-bond donors (Lipinski definition) is 0. The molecule has 0 atom stereocenters. The van der Waals surface area contributed by atoms with Crippen LogP contribution in [0.3, 0.4) is 0 Å². The number of aryl methyl sites for hydroxylation is 2. The van der Waals surface area contributed by atoms with E-state index in [1.54, 1.807) is 0 Å². The van der Waals surface area contributed by atoms with Crippen molar-refractivity contribution in [3.05, 3.63) is 58.3 Å². The first-order valence-electron chi connectivity index (χ1n) is 5.88. The SMILES string of the molecule is Cc1ccccc1-c1nc(Br)c2cccc(C)n12. The molecule has 3 rings (SSSR count). The van der Waals surface area contributed by atoms with Crippen LogP contribution in [0.4, 0.5) is 0 Å². The van der Waals surface area contributed by atoms with Crippen molar-refractivity contribution in [1.82, 2.24) is 9.38 Å². The Balaban J connectivity index is 2.41. The first-order chi connectivity index (χ1) is 8.68. The molecule has 0 radical (unpaired) electrons. The van der Waals surface area contributed by atoms with Crippen LogP contribution in [0.5, 0.6) is 0 Å². The van der Waals surface area contributed by atoms with E-state index in [4.69, 9.17) is 0 Å². The zero-order valence-corrected chi connectivity index (χ0v) is 11.9. The predicted octanol–water partition coefficient (Wildman–Crippen LogP) is 4.38. The van der Waals surface area contributed by atoms with Crippen LogP contribution in [0.15, 0.2) is 47.1 Å². The van der Waals surface area contributed by atoms with Crippen molar-refractivity contribution < 1.29 is 0 Å². The van der Waals surface area contributed by atoms with E-state index in [0.29, 0.717) is 0 Å². The minimum absolute atomic E-state index is 0.893.